The number of hydrogen-bond acceptors (Lipinski definition) is 4. The van der Waals surface area contributed by atoms with Crippen LogP contribution in [0.25, 0.3) is 11.0 Å². The molecule has 2 unspecified atom stereocenters. The maximum Gasteiger partial charge on any atom is 0.328 e. The number of ether oxygens (including phenoxy) is 1. The summed E-state index contributed by atoms with van der Waals surface area (Å²) in [4.78, 5) is 24.3. The summed E-state index contributed by atoms with van der Waals surface area (Å²) >= 11 is 0. The van der Waals surface area contributed by atoms with E-state index in [2.05, 4.69) is 5.32 Å². The van der Waals surface area contributed by atoms with Crippen LogP contribution in [0.2, 0.25) is 0 Å². The van der Waals surface area contributed by atoms with Gasteiger partial charge in [-0.2, -0.15) is 0 Å². The van der Waals surface area contributed by atoms with E-state index < -0.39 is 12.0 Å². The number of methoxy groups -OCH3 is 1. The molecule has 2 aromatic rings. The van der Waals surface area contributed by atoms with Crippen molar-refractivity contribution in [1.82, 2.24) is 5.32 Å². The van der Waals surface area contributed by atoms with Crippen LogP contribution in [0.3, 0.4) is 0 Å². The van der Waals surface area contributed by atoms with Crippen molar-refractivity contribution in [2.24, 2.45) is 5.92 Å². The number of furan rings is 1. The van der Waals surface area contributed by atoms with E-state index >= 15 is 0 Å². The molecule has 1 aromatic heterocycles. The number of aryl methyl sites for hydroxylation is 2. The van der Waals surface area contributed by atoms with E-state index in [1.165, 1.54) is 7.11 Å². The zero-order valence-corrected chi connectivity index (χ0v) is 14.9. The highest BCUT2D eigenvalue weighted by atomic mass is 16.5. The Kier molecular flexibility index (Phi) is 5.65. The molecular formula is C19H25NO4. The Morgan fingerprint density at radius 1 is 1.29 bits per heavy atom. The van der Waals surface area contributed by atoms with Crippen LogP contribution in [-0.2, 0) is 20.7 Å². The average molecular weight is 331 g/mol. The third-order valence-corrected chi connectivity index (χ3v) is 4.68. The Balaban J connectivity index is 2.17. The van der Waals surface area contributed by atoms with Gasteiger partial charge in [-0.15, -0.1) is 0 Å². The van der Waals surface area contributed by atoms with Crippen LogP contribution in [0.4, 0.5) is 0 Å². The maximum absolute atomic E-state index is 12.4. The predicted octanol–water partition coefficient (Wildman–Crippen LogP) is 3.30. The molecule has 24 heavy (non-hydrogen) atoms. The van der Waals surface area contributed by atoms with Crippen molar-refractivity contribution in [2.75, 3.05) is 7.11 Å². The predicted molar refractivity (Wildman–Crippen MR) is 92.8 cm³/mol. The number of rotatable bonds is 6. The van der Waals surface area contributed by atoms with Gasteiger partial charge in [0.15, 0.2) is 0 Å². The molecule has 5 heteroatoms. The summed E-state index contributed by atoms with van der Waals surface area (Å²) in [6.07, 6.45) is 2.56. The molecule has 130 valence electrons. The van der Waals surface area contributed by atoms with Gasteiger partial charge in [-0.3, -0.25) is 4.79 Å². The number of esters is 1. The number of fused-ring (bicyclic) bond motifs is 1. The lowest BCUT2D eigenvalue weighted by Gasteiger charge is -2.21. The van der Waals surface area contributed by atoms with Crippen molar-refractivity contribution in [3.63, 3.8) is 0 Å². The zero-order chi connectivity index (χ0) is 17.9. The molecule has 2 atom stereocenters. The molecular weight excluding hydrogens is 306 g/mol. The summed E-state index contributed by atoms with van der Waals surface area (Å²) in [5.74, 6) is -0.625. The molecule has 0 fully saturated rings. The van der Waals surface area contributed by atoms with E-state index in [9.17, 15) is 9.59 Å². The van der Waals surface area contributed by atoms with Crippen molar-refractivity contribution in [2.45, 2.75) is 46.6 Å². The van der Waals surface area contributed by atoms with Crippen LogP contribution in [0.15, 0.2) is 22.8 Å². The third-order valence-electron chi connectivity index (χ3n) is 4.68. The minimum absolute atomic E-state index is 0.00684. The van der Waals surface area contributed by atoms with E-state index in [4.69, 9.17) is 9.15 Å². The van der Waals surface area contributed by atoms with Crippen LogP contribution >= 0.6 is 0 Å². The van der Waals surface area contributed by atoms with Crippen molar-refractivity contribution >= 4 is 22.8 Å². The number of nitrogens with one attached hydrogen (secondary N) is 1. The Hall–Kier alpha value is -2.30. The molecule has 5 nitrogen and oxygen atoms in total. The van der Waals surface area contributed by atoms with Gasteiger partial charge in [0.05, 0.1) is 19.8 Å². The summed E-state index contributed by atoms with van der Waals surface area (Å²) in [6.45, 7) is 7.92. The fourth-order valence-corrected chi connectivity index (χ4v) is 2.72. The molecule has 1 heterocycles. The Morgan fingerprint density at radius 2 is 2.00 bits per heavy atom. The molecule has 0 aliphatic carbocycles. The minimum atomic E-state index is -0.630. The lowest BCUT2D eigenvalue weighted by atomic mass is 9.98. The summed E-state index contributed by atoms with van der Waals surface area (Å²) in [5, 5.41) is 3.73. The van der Waals surface area contributed by atoms with E-state index in [0.717, 1.165) is 34.1 Å². The first-order chi connectivity index (χ1) is 11.4. The smallest absolute Gasteiger partial charge is 0.328 e. The van der Waals surface area contributed by atoms with Crippen molar-refractivity contribution < 1.29 is 18.7 Å². The Labute approximate surface area is 142 Å². The highest BCUT2D eigenvalue weighted by Gasteiger charge is 2.27. The molecule has 1 aromatic carbocycles. The first-order valence-corrected chi connectivity index (χ1v) is 8.22. The number of carbonyl (C=O) groups excluding carboxylic acids is 2. The van der Waals surface area contributed by atoms with Gasteiger partial charge in [-0.25, -0.2) is 4.79 Å². The minimum Gasteiger partial charge on any atom is -0.467 e. The van der Waals surface area contributed by atoms with E-state index in [0.29, 0.717) is 0 Å². The van der Waals surface area contributed by atoms with Gasteiger partial charge in [-0.05, 0) is 30.9 Å². The Bertz CT molecular complexity index is 747. The fraction of sp³-hybridized carbons (Fsp3) is 0.474. The zero-order valence-electron chi connectivity index (χ0n) is 14.9. The van der Waals surface area contributed by atoms with Gasteiger partial charge in [-0.1, -0.05) is 32.4 Å². The second kappa shape index (κ2) is 7.51. The maximum atomic E-state index is 12.4. The van der Waals surface area contributed by atoms with Crippen LogP contribution in [0, 0.1) is 19.8 Å². The van der Waals surface area contributed by atoms with Crippen LogP contribution in [-0.4, -0.2) is 25.0 Å². The third kappa shape index (κ3) is 3.61. The average Bonchev–Trinajstić information content (AvgIpc) is 2.98. The first-order valence-electron chi connectivity index (χ1n) is 8.22. The van der Waals surface area contributed by atoms with Gasteiger partial charge >= 0.3 is 5.97 Å². The molecule has 0 spiro atoms. The largest absolute Gasteiger partial charge is 0.467 e. The van der Waals surface area contributed by atoms with Crippen LogP contribution in [0.1, 0.15) is 37.0 Å². The fourth-order valence-electron chi connectivity index (χ4n) is 2.72. The summed E-state index contributed by atoms with van der Waals surface area (Å²) in [6, 6.07) is 3.36. The Morgan fingerprint density at radius 3 is 2.62 bits per heavy atom. The topological polar surface area (TPSA) is 68.5 Å². The highest BCUT2D eigenvalue weighted by Crippen LogP contribution is 2.26. The quantitative estimate of drug-likeness (QED) is 0.825. The van der Waals surface area contributed by atoms with Crippen molar-refractivity contribution in [3.05, 3.63) is 35.1 Å². The summed E-state index contributed by atoms with van der Waals surface area (Å²) < 4.78 is 10.4. The van der Waals surface area contributed by atoms with Gasteiger partial charge in [0.2, 0.25) is 5.91 Å². The normalized spacial score (nSPS) is 13.5. The molecule has 0 bridgehead atoms. The lowest BCUT2D eigenvalue weighted by molar-refractivity contribution is -0.146. The van der Waals surface area contributed by atoms with Crippen molar-refractivity contribution in [3.8, 4) is 0 Å². The van der Waals surface area contributed by atoms with E-state index in [1.54, 1.807) is 6.26 Å². The second-order valence-corrected chi connectivity index (χ2v) is 6.28. The van der Waals surface area contributed by atoms with Gasteiger partial charge < -0.3 is 14.5 Å². The monoisotopic (exact) mass is 331 g/mol. The van der Waals surface area contributed by atoms with E-state index in [1.807, 2.05) is 39.8 Å². The number of hydrogen-bond donors (Lipinski definition) is 1. The van der Waals surface area contributed by atoms with Gasteiger partial charge in [0.1, 0.15) is 11.6 Å². The number of carbonyl (C=O) groups is 2. The SMILES string of the molecule is CCC(C)C(NC(=O)Cc1coc2c(C)c(C)ccc12)C(=O)OC. The molecule has 0 aliphatic heterocycles. The van der Waals surface area contributed by atoms with Crippen molar-refractivity contribution in [1.29, 1.82) is 0 Å². The molecule has 1 N–H and O–H groups in total. The highest BCUT2D eigenvalue weighted by molar-refractivity contribution is 5.91. The molecule has 1 amide bonds. The van der Waals surface area contributed by atoms with Crippen LogP contribution in [0.5, 0.6) is 0 Å². The first kappa shape index (κ1) is 18.0. The van der Waals surface area contributed by atoms with Gasteiger partial charge in [0.25, 0.3) is 0 Å². The van der Waals surface area contributed by atoms with Gasteiger partial charge in [0, 0.05) is 10.9 Å². The number of benzene rings is 1. The lowest BCUT2D eigenvalue weighted by Crippen LogP contribution is -2.46. The molecule has 0 saturated carbocycles. The summed E-state index contributed by atoms with van der Waals surface area (Å²) in [7, 11) is 1.33. The summed E-state index contributed by atoms with van der Waals surface area (Å²) in [5.41, 5.74) is 3.85. The second-order valence-electron chi connectivity index (χ2n) is 6.28. The molecule has 0 aliphatic rings. The standard InChI is InChI=1S/C19H25NO4/c1-6-11(2)17(19(22)23-5)20-16(21)9-14-10-24-18-13(4)12(3)7-8-15(14)18/h7-8,10-11,17H,6,9H2,1-5H3,(H,20,21). The number of amides is 1. The molecule has 0 radical (unpaired) electrons. The van der Waals surface area contributed by atoms with Crippen LogP contribution < -0.4 is 5.32 Å². The molecule has 0 saturated heterocycles. The molecule has 2 rings (SSSR count). The van der Waals surface area contributed by atoms with E-state index in [-0.39, 0.29) is 18.2 Å².